The Hall–Kier alpha value is 0.230. The fourth-order valence-electron chi connectivity index (χ4n) is 0.880. The van der Waals surface area contributed by atoms with Crippen LogP contribution in [-0.2, 0) is 4.57 Å². The van der Waals surface area contributed by atoms with E-state index in [1.165, 1.54) is 6.42 Å². The summed E-state index contributed by atoms with van der Waals surface area (Å²) in [5.41, 5.74) is 0. The first kappa shape index (κ1) is 10.2. The Bertz CT molecular complexity index is 123. The van der Waals surface area contributed by atoms with Gasteiger partial charge in [-0.2, -0.15) is 0 Å². The summed E-state index contributed by atoms with van der Waals surface area (Å²) in [4.78, 5) is 0. The van der Waals surface area contributed by atoms with Crippen LogP contribution in [0.15, 0.2) is 0 Å². The van der Waals surface area contributed by atoms with Crippen LogP contribution in [0, 0.1) is 5.92 Å². The van der Waals surface area contributed by atoms with Crippen molar-refractivity contribution in [2.75, 3.05) is 19.5 Å². The molecule has 0 aliphatic heterocycles. The first-order valence-corrected chi connectivity index (χ1v) is 6.74. The molecule has 0 bridgehead atoms. The normalized spacial score (nSPS) is 12.5. The van der Waals surface area contributed by atoms with Crippen LogP contribution < -0.4 is 0 Å². The maximum atomic E-state index is 11.2. The second kappa shape index (κ2) is 4.18. The Kier molecular flexibility index (Phi) is 4.28. The zero-order valence-electron chi connectivity index (χ0n) is 7.55. The molecule has 0 unspecified atom stereocenters. The molecule has 0 rings (SSSR count). The van der Waals surface area contributed by atoms with Crippen LogP contribution in [0.3, 0.4) is 0 Å². The molecule has 10 heavy (non-hydrogen) atoms. The van der Waals surface area contributed by atoms with E-state index in [4.69, 9.17) is 0 Å². The fourth-order valence-corrected chi connectivity index (χ4v) is 1.82. The summed E-state index contributed by atoms with van der Waals surface area (Å²) in [6, 6.07) is 0. The molecule has 0 aliphatic rings. The predicted molar refractivity (Wildman–Crippen MR) is 48.4 cm³/mol. The van der Waals surface area contributed by atoms with Crippen molar-refractivity contribution in [1.82, 2.24) is 0 Å². The number of hydrogen-bond donors (Lipinski definition) is 0. The van der Waals surface area contributed by atoms with Crippen molar-refractivity contribution in [1.29, 1.82) is 0 Å². The van der Waals surface area contributed by atoms with E-state index in [-0.39, 0.29) is 0 Å². The first-order valence-electron chi connectivity index (χ1n) is 3.96. The molecule has 0 saturated heterocycles. The van der Waals surface area contributed by atoms with Crippen LogP contribution in [0.5, 0.6) is 0 Å². The molecule has 0 amide bonds. The van der Waals surface area contributed by atoms with Gasteiger partial charge in [0.1, 0.15) is 0 Å². The Morgan fingerprint density at radius 3 is 2.10 bits per heavy atom. The van der Waals surface area contributed by atoms with Gasteiger partial charge in [-0.1, -0.05) is 20.3 Å². The Morgan fingerprint density at radius 1 is 1.30 bits per heavy atom. The van der Waals surface area contributed by atoms with Gasteiger partial charge in [-0.05, 0) is 25.7 Å². The van der Waals surface area contributed by atoms with Crippen LogP contribution in [0.4, 0.5) is 0 Å². The third-order valence-electron chi connectivity index (χ3n) is 1.48. The third-order valence-corrected chi connectivity index (χ3v) is 2.87. The molecular formula is C8H19OP. The lowest BCUT2D eigenvalue weighted by Gasteiger charge is -2.07. The van der Waals surface area contributed by atoms with Crippen molar-refractivity contribution >= 4 is 7.14 Å². The zero-order valence-corrected chi connectivity index (χ0v) is 8.45. The highest BCUT2D eigenvalue weighted by Crippen LogP contribution is 2.36. The van der Waals surface area contributed by atoms with E-state index in [1.54, 1.807) is 0 Å². The van der Waals surface area contributed by atoms with E-state index >= 15 is 0 Å². The molecule has 0 aromatic carbocycles. The van der Waals surface area contributed by atoms with Gasteiger partial charge in [0.2, 0.25) is 0 Å². The molecule has 1 nitrogen and oxygen atoms in total. The molecule has 0 aromatic heterocycles. The van der Waals surface area contributed by atoms with Crippen molar-refractivity contribution in [3.8, 4) is 0 Å². The standard InChI is InChI=1S/C8H19OP/c1-8(2)6-5-7-10(3,4)9/h8H,5-7H2,1-4H3. The Labute approximate surface area is 64.6 Å². The molecule has 0 N–H and O–H groups in total. The molecule has 0 atom stereocenters. The van der Waals surface area contributed by atoms with E-state index in [2.05, 4.69) is 13.8 Å². The average Bonchev–Trinajstić information content (AvgIpc) is 1.59. The number of rotatable bonds is 4. The summed E-state index contributed by atoms with van der Waals surface area (Å²) in [7, 11) is -1.72. The molecule has 0 radical (unpaired) electrons. The smallest absolute Gasteiger partial charge is 0.0819 e. The largest absolute Gasteiger partial charge is 0.324 e. The van der Waals surface area contributed by atoms with Crippen LogP contribution in [-0.4, -0.2) is 19.5 Å². The zero-order chi connectivity index (χ0) is 8.20. The highest BCUT2D eigenvalue weighted by atomic mass is 31.2. The lowest BCUT2D eigenvalue weighted by atomic mass is 10.1. The highest BCUT2D eigenvalue weighted by Gasteiger charge is 2.06. The Morgan fingerprint density at radius 2 is 1.80 bits per heavy atom. The first-order chi connectivity index (χ1) is 4.42. The summed E-state index contributed by atoms with van der Waals surface area (Å²) in [6.07, 6.45) is 3.26. The minimum Gasteiger partial charge on any atom is -0.324 e. The molecule has 62 valence electrons. The van der Waals surface area contributed by atoms with Crippen molar-refractivity contribution < 1.29 is 4.57 Å². The lowest BCUT2D eigenvalue weighted by Crippen LogP contribution is -1.91. The van der Waals surface area contributed by atoms with E-state index in [1.807, 2.05) is 13.3 Å². The van der Waals surface area contributed by atoms with Crippen molar-refractivity contribution in [3.05, 3.63) is 0 Å². The van der Waals surface area contributed by atoms with E-state index in [0.29, 0.717) is 0 Å². The van der Waals surface area contributed by atoms with Gasteiger partial charge in [0, 0.05) is 6.16 Å². The molecule has 0 aliphatic carbocycles. The highest BCUT2D eigenvalue weighted by molar-refractivity contribution is 7.62. The number of hydrogen-bond acceptors (Lipinski definition) is 1. The van der Waals surface area contributed by atoms with Gasteiger partial charge in [0.15, 0.2) is 0 Å². The van der Waals surface area contributed by atoms with E-state index < -0.39 is 7.14 Å². The van der Waals surface area contributed by atoms with Gasteiger partial charge in [-0.25, -0.2) is 0 Å². The summed E-state index contributed by atoms with van der Waals surface area (Å²) in [5.74, 6) is 0.756. The molecule has 0 fully saturated rings. The van der Waals surface area contributed by atoms with Crippen molar-refractivity contribution in [2.24, 2.45) is 5.92 Å². The van der Waals surface area contributed by atoms with Crippen LogP contribution in [0.1, 0.15) is 26.7 Å². The topological polar surface area (TPSA) is 17.1 Å². The Balaban J connectivity index is 3.30. The quantitative estimate of drug-likeness (QED) is 0.580. The molecule has 2 heteroatoms. The van der Waals surface area contributed by atoms with Gasteiger partial charge >= 0.3 is 0 Å². The molecule has 0 heterocycles. The van der Waals surface area contributed by atoms with Gasteiger partial charge in [-0.3, -0.25) is 0 Å². The fraction of sp³-hybridized carbons (Fsp3) is 1.00. The molecule has 0 saturated carbocycles. The van der Waals surface area contributed by atoms with Crippen LogP contribution >= 0.6 is 7.14 Å². The SMILES string of the molecule is CC(C)CCCP(C)(C)=O. The summed E-state index contributed by atoms with van der Waals surface area (Å²) in [6.45, 7) is 8.15. The predicted octanol–water partition coefficient (Wildman–Crippen LogP) is 3.05. The second-order valence-corrected chi connectivity index (χ2v) is 7.43. The third kappa shape index (κ3) is 8.23. The molecular weight excluding hydrogens is 143 g/mol. The van der Waals surface area contributed by atoms with Crippen LogP contribution in [0.25, 0.3) is 0 Å². The second-order valence-electron chi connectivity index (χ2n) is 3.83. The maximum absolute atomic E-state index is 11.2. The van der Waals surface area contributed by atoms with Gasteiger partial charge in [-0.15, -0.1) is 0 Å². The molecule has 0 aromatic rings. The van der Waals surface area contributed by atoms with Crippen molar-refractivity contribution in [2.45, 2.75) is 26.7 Å². The van der Waals surface area contributed by atoms with Crippen LogP contribution in [0.2, 0.25) is 0 Å². The minimum absolute atomic E-state index is 0.756. The van der Waals surface area contributed by atoms with E-state index in [0.717, 1.165) is 18.5 Å². The monoisotopic (exact) mass is 162 g/mol. The summed E-state index contributed by atoms with van der Waals surface area (Å²) in [5, 5.41) is 0. The lowest BCUT2D eigenvalue weighted by molar-refractivity contribution is 0.559. The van der Waals surface area contributed by atoms with Gasteiger partial charge in [0.25, 0.3) is 0 Å². The molecule has 0 spiro atoms. The summed E-state index contributed by atoms with van der Waals surface area (Å²) < 4.78 is 11.2. The minimum atomic E-state index is -1.72. The van der Waals surface area contributed by atoms with E-state index in [9.17, 15) is 4.57 Å². The van der Waals surface area contributed by atoms with Gasteiger partial charge in [0.05, 0.1) is 7.14 Å². The van der Waals surface area contributed by atoms with Gasteiger partial charge < -0.3 is 4.57 Å². The van der Waals surface area contributed by atoms with Crippen molar-refractivity contribution in [3.63, 3.8) is 0 Å². The average molecular weight is 162 g/mol. The summed E-state index contributed by atoms with van der Waals surface area (Å²) >= 11 is 0. The maximum Gasteiger partial charge on any atom is 0.0819 e.